The lowest BCUT2D eigenvalue weighted by atomic mass is 10.4. The number of methoxy groups -OCH3 is 1. The molecule has 0 saturated heterocycles. The molecule has 0 fully saturated rings. The fraction of sp³-hybridized carbons (Fsp3) is 0.538. The highest BCUT2D eigenvalue weighted by molar-refractivity contribution is 5.50. The van der Waals surface area contributed by atoms with Gasteiger partial charge < -0.3 is 14.6 Å². The summed E-state index contributed by atoms with van der Waals surface area (Å²) >= 11 is 0. The second-order valence-corrected chi connectivity index (χ2v) is 4.72. The molecule has 2 rings (SSSR count). The van der Waals surface area contributed by atoms with Gasteiger partial charge >= 0.3 is 0 Å². The van der Waals surface area contributed by atoms with Crippen molar-refractivity contribution in [2.24, 2.45) is 0 Å². The van der Waals surface area contributed by atoms with Gasteiger partial charge in [-0.2, -0.15) is 5.10 Å². The molecule has 0 bridgehead atoms. The molecule has 0 aromatic carbocycles. The van der Waals surface area contributed by atoms with Crippen molar-refractivity contribution in [3.05, 3.63) is 24.8 Å². The van der Waals surface area contributed by atoms with E-state index < -0.39 is 0 Å². The van der Waals surface area contributed by atoms with Gasteiger partial charge in [0.25, 0.3) is 0 Å². The smallest absolute Gasteiger partial charge is 0.207 e. The number of aryl methyl sites for hydroxylation is 1. The molecule has 0 unspecified atom stereocenters. The zero-order valence-corrected chi connectivity index (χ0v) is 11.7. The molecule has 2 heterocycles. The summed E-state index contributed by atoms with van der Waals surface area (Å²) in [6.45, 7) is 5.84. The number of ether oxygens (including phenoxy) is 1. The van der Waals surface area contributed by atoms with Crippen molar-refractivity contribution >= 4 is 11.6 Å². The Hall–Kier alpha value is -1.82. The number of nitrogens with zero attached hydrogens (tertiary/aromatic N) is 4. The minimum atomic E-state index is 0.358. The van der Waals surface area contributed by atoms with E-state index in [9.17, 15) is 0 Å². The Morgan fingerprint density at radius 1 is 1.42 bits per heavy atom. The number of hydrogen-bond donors (Lipinski definition) is 1. The maximum atomic E-state index is 5.06. The molecule has 1 N–H and O–H groups in total. The van der Waals surface area contributed by atoms with E-state index in [4.69, 9.17) is 4.74 Å². The van der Waals surface area contributed by atoms with Gasteiger partial charge in [-0.25, -0.2) is 4.98 Å². The van der Waals surface area contributed by atoms with Gasteiger partial charge in [0.15, 0.2) is 0 Å². The Morgan fingerprint density at radius 3 is 2.95 bits per heavy atom. The summed E-state index contributed by atoms with van der Waals surface area (Å²) < 4.78 is 9.05. The monoisotopic (exact) mass is 263 g/mol. The van der Waals surface area contributed by atoms with Gasteiger partial charge in [-0.05, 0) is 20.3 Å². The van der Waals surface area contributed by atoms with Gasteiger partial charge in [0.1, 0.15) is 0 Å². The summed E-state index contributed by atoms with van der Waals surface area (Å²) in [6.07, 6.45) is 8.52. The van der Waals surface area contributed by atoms with Gasteiger partial charge in [0.2, 0.25) is 5.95 Å². The summed E-state index contributed by atoms with van der Waals surface area (Å²) in [5.41, 5.74) is 0.952. The summed E-state index contributed by atoms with van der Waals surface area (Å²) in [4.78, 5) is 4.32. The molecule has 0 spiro atoms. The third-order valence-corrected chi connectivity index (χ3v) is 2.85. The molecule has 0 aliphatic carbocycles. The second kappa shape index (κ2) is 6.38. The molecule has 2 aromatic rings. The van der Waals surface area contributed by atoms with Crippen LogP contribution in [0.2, 0.25) is 0 Å². The topological polar surface area (TPSA) is 56.9 Å². The highest BCUT2D eigenvalue weighted by atomic mass is 16.5. The highest BCUT2D eigenvalue weighted by Crippen LogP contribution is 2.16. The Bertz CT molecular complexity index is 503. The van der Waals surface area contributed by atoms with E-state index in [-0.39, 0.29) is 0 Å². The molecule has 2 aromatic heterocycles. The van der Waals surface area contributed by atoms with Crippen molar-refractivity contribution in [3.8, 4) is 0 Å². The average molecular weight is 263 g/mol. The highest BCUT2D eigenvalue weighted by Gasteiger charge is 2.06. The standard InChI is InChI=1S/C13H21N5O/c1-11(2)18-10-12(9-15-18)16-13-14-5-7-17(13)6-4-8-19-3/h5,7,9-11H,4,6,8H2,1-3H3,(H,14,16). The van der Waals surface area contributed by atoms with Crippen molar-refractivity contribution < 1.29 is 4.74 Å². The fourth-order valence-electron chi connectivity index (χ4n) is 1.81. The Kier molecular flexibility index (Phi) is 4.57. The molecule has 0 saturated carbocycles. The Morgan fingerprint density at radius 2 is 2.26 bits per heavy atom. The van der Waals surface area contributed by atoms with Crippen molar-refractivity contribution in [1.82, 2.24) is 19.3 Å². The minimum Gasteiger partial charge on any atom is -0.385 e. The third-order valence-electron chi connectivity index (χ3n) is 2.85. The first-order valence-electron chi connectivity index (χ1n) is 6.52. The first-order valence-corrected chi connectivity index (χ1v) is 6.52. The molecule has 6 nitrogen and oxygen atoms in total. The van der Waals surface area contributed by atoms with E-state index in [1.54, 1.807) is 13.3 Å². The van der Waals surface area contributed by atoms with Crippen molar-refractivity contribution in [1.29, 1.82) is 0 Å². The van der Waals surface area contributed by atoms with Crippen LogP contribution >= 0.6 is 0 Å². The van der Waals surface area contributed by atoms with Gasteiger partial charge in [0, 0.05) is 44.9 Å². The van der Waals surface area contributed by atoms with E-state index in [0.717, 1.165) is 31.2 Å². The normalized spacial score (nSPS) is 11.2. The molecule has 6 heteroatoms. The summed E-state index contributed by atoms with van der Waals surface area (Å²) in [5, 5.41) is 7.58. The van der Waals surface area contributed by atoms with Crippen LogP contribution in [0.4, 0.5) is 11.6 Å². The summed E-state index contributed by atoms with van der Waals surface area (Å²) in [5.74, 6) is 0.833. The van der Waals surface area contributed by atoms with E-state index in [1.165, 1.54) is 0 Å². The SMILES string of the molecule is COCCCn1ccnc1Nc1cnn(C(C)C)c1. The lowest BCUT2D eigenvalue weighted by molar-refractivity contribution is 0.190. The fourth-order valence-corrected chi connectivity index (χ4v) is 1.81. The van der Waals surface area contributed by atoms with Crippen LogP contribution in [0, 0.1) is 0 Å². The molecule has 0 aliphatic rings. The summed E-state index contributed by atoms with van der Waals surface area (Å²) in [7, 11) is 1.72. The van der Waals surface area contributed by atoms with Crippen LogP contribution in [0.15, 0.2) is 24.8 Å². The van der Waals surface area contributed by atoms with E-state index in [2.05, 4.69) is 33.8 Å². The van der Waals surface area contributed by atoms with E-state index >= 15 is 0 Å². The van der Waals surface area contributed by atoms with Crippen LogP contribution < -0.4 is 5.32 Å². The quantitative estimate of drug-likeness (QED) is 0.779. The van der Waals surface area contributed by atoms with Crippen molar-refractivity contribution in [2.75, 3.05) is 19.0 Å². The average Bonchev–Trinajstić information content (AvgIpc) is 3.00. The maximum Gasteiger partial charge on any atom is 0.207 e. The number of imidazole rings is 1. The molecular weight excluding hydrogens is 242 g/mol. The first kappa shape index (κ1) is 13.6. The number of anilines is 2. The van der Waals surface area contributed by atoms with Crippen molar-refractivity contribution in [2.45, 2.75) is 32.9 Å². The van der Waals surface area contributed by atoms with E-state index in [0.29, 0.717) is 6.04 Å². The van der Waals surface area contributed by atoms with Crippen molar-refractivity contribution in [3.63, 3.8) is 0 Å². The summed E-state index contributed by atoms with van der Waals surface area (Å²) in [6, 6.07) is 0.358. The van der Waals surface area contributed by atoms with Crippen LogP contribution in [-0.2, 0) is 11.3 Å². The van der Waals surface area contributed by atoms with Crippen LogP contribution in [0.1, 0.15) is 26.3 Å². The molecule has 0 atom stereocenters. The van der Waals surface area contributed by atoms with Crippen LogP contribution in [0.3, 0.4) is 0 Å². The number of hydrogen-bond acceptors (Lipinski definition) is 4. The largest absolute Gasteiger partial charge is 0.385 e. The molecule has 104 valence electrons. The number of aromatic nitrogens is 4. The van der Waals surface area contributed by atoms with Gasteiger partial charge in [-0.1, -0.05) is 0 Å². The molecular formula is C13H21N5O. The zero-order valence-electron chi connectivity index (χ0n) is 11.7. The Balaban J connectivity index is 2.00. The molecule has 0 amide bonds. The van der Waals surface area contributed by atoms with Crippen LogP contribution in [0.5, 0.6) is 0 Å². The zero-order chi connectivity index (χ0) is 13.7. The lowest BCUT2D eigenvalue weighted by Crippen LogP contribution is -2.05. The predicted octanol–water partition coefficient (Wildman–Crippen LogP) is 2.44. The van der Waals surface area contributed by atoms with Gasteiger partial charge in [0.05, 0.1) is 11.9 Å². The lowest BCUT2D eigenvalue weighted by Gasteiger charge is -2.08. The van der Waals surface area contributed by atoms with E-state index in [1.807, 2.05) is 23.3 Å². The van der Waals surface area contributed by atoms with Gasteiger partial charge in [-0.3, -0.25) is 4.68 Å². The predicted molar refractivity (Wildman–Crippen MR) is 74.6 cm³/mol. The first-order chi connectivity index (χ1) is 9.20. The number of nitrogens with one attached hydrogen (secondary N) is 1. The minimum absolute atomic E-state index is 0.358. The molecule has 19 heavy (non-hydrogen) atoms. The molecule has 0 aliphatic heterocycles. The van der Waals surface area contributed by atoms with Crippen LogP contribution in [-0.4, -0.2) is 33.0 Å². The van der Waals surface area contributed by atoms with Gasteiger partial charge in [-0.15, -0.1) is 0 Å². The van der Waals surface area contributed by atoms with Crippen LogP contribution in [0.25, 0.3) is 0 Å². The molecule has 0 radical (unpaired) electrons. The Labute approximate surface area is 113 Å². The number of rotatable bonds is 7. The maximum absolute atomic E-state index is 5.06. The second-order valence-electron chi connectivity index (χ2n) is 4.72. The third kappa shape index (κ3) is 3.57.